The molecule has 0 aromatic carbocycles. The minimum atomic E-state index is -1.26. The summed E-state index contributed by atoms with van der Waals surface area (Å²) in [5.74, 6) is -2.37. The van der Waals surface area contributed by atoms with E-state index in [1.165, 1.54) is 11.3 Å². The highest BCUT2D eigenvalue weighted by molar-refractivity contribution is 7.09. The van der Waals surface area contributed by atoms with Crippen LogP contribution in [-0.4, -0.2) is 45.8 Å². The lowest BCUT2D eigenvalue weighted by molar-refractivity contribution is -0.140. The third-order valence-corrected chi connectivity index (χ3v) is 3.41. The standard InChI is InChI=1S/C12H17N3O5S/c1-7-14-8(6-21-7)4-5-13-12(20)15-9(11(18)19)2-3-10(16)17/h6,9H,2-5H2,1H3,(H,16,17)(H,18,19)(H2,13,15,20). The first-order chi connectivity index (χ1) is 9.88. The van der Waals surface area contributed by atoms with Gasteiger partial charge in [0.2, 0.25) is 0 Å². The van der Waals surface area contributed by atoms with Crippen molar-refractivity contribution in [3.63, 3.8) is 0 Å². The number of hydrogen-bond acceptors (Lipinski definition) is 5. The van der Waals surface area contributed by atoms with Crippen LogP contribution in [0.5, 0.6) is 0 Å². The molecule has 0 saturated carbocycles. The first-order valence-electron chi connectivity index (χ1n) is 6.28. The lowest BCUT2D eigenvalue weighted by Crippen LogP contribution is -2.46. The zero-order valence-corrected chi connectivity index (χ0v) is 12.3. The number of nitrogens with zero attached hydrogens (tertiary/aromatic N) is 1. The van der Waals surface area contributed by atoms with Gasteiger partial charge in [0.1, 0.15) is 6.04 Å². The van der Waals surface area contributed by atoms with Crippen molar-refractivity contribution in [2.75, 3.05) is 6.54 Å². The molecule has 1 rings (SSSR count). The fourth-order valence-corrected chi connectivity index (χ4v) is 2.21. The number of amides is 2. The number of rotatable bonds is 8. The van der Waals surface area contributed by atoms with Gasteiger partial charge in [0.25, 0.3) is 0 Å². The second-order valence-electron chi connectivity index (χ2n) is 4.33. The van der Waals surface area contributed by atoms with E-state index in [2.05, 4.69) is 15.6 Å². The Morgan fingerprint density at radius 2 is 2.10 bits per heavy atom. The monoisotopic (exact) mass is 315 g/mol. The molecule has 21 heavy (non-hydrogen) atoms. The number of nitrogens with one attached hydrogen (secondary N) is 2. The highest BCUT2D eigenvalue weighted by atomic mass is 32.1. The lowest BCUT2D eigenvalue weighted by atomic mass is 10.1. The molecule has 8 nitrogen and oxygen atoms in total. The van der Waals surface area contributed by atoms with Gasteiger partial charge in [-0.1, -0.05) is 0 Å². The molecule has 0 aliphatic carbocycles. The summed E-state index contributed by atoms with van der Waals surface area (Å²) in [6.45, 7) is 2.20. The van der Waals surface area contributed by atoms with Gasteiger partial charge in [-0.3, -0.25) is 4.79 Å². The van der Waals surface area contributed by atoms with E-state index in [-0.39, 0.29) is 12.8 Å². The molecule has 1 atom stereocenters. The Bertz CT molecular complexity index is 517. The highest BCUT2D eigenvalue weighted by Gasteiger charge is 2.20. The normalized spacial score (nSPS) is 11.7. The first kappa shape index (κ1) is 16.9. The van der Waals surface area contributed by atoms with Crippen LogP contribution in [0.2, 0.25) is 0 Å². The quantitative estimate of drug-likeness (QED) is 0.556. The van der Waals surface area contributed by atoms with Crippen LogP contribution in [0.15, 0.2) is 5.38 Å². The van der Waals surface area contributed by atoms with E-state index < -0.39 is 24.0 Å². The van der Waals surface area contributed by atoms with Gasteiger partial charge in [-0.05, 0) is 13.3 Å². The summed E-state index contributed by atoms with van der Waals surface area (Å²) in [5.41, 5.74) is 0.860. The topological polar surface area (TPSA) is 129 Å². The zero-order chi connectivity index (χ0) is 15.8. The van der Waals surface area contributed by atoms with Gasteiger partial charge in [-0.25, -0.2) is 14.6 Å². The average molecular weight is 315 g/mol. The number of aromatic nitrogens is 1. The minimum absolute atomic E-state index is 0.163. The Morgan fingerprint density at radius 3 is 2.62 bits per heavy atom. The summed E-state index contributed by atoms with van der Waals surface area (Å²) in [6.07, 6.45) is 0.0589. The summed E-state index contributed by atoms with van der Waals surface area (Å²) >= 11 is 1.51. The Hall–Kier alpha value is -2.16. The van der Waals surface area contributed by atoms with E-state index in [9.17, 15) is 14.4 Å². The van der Waals surface area contributed by atoms with Crippen molar-refractivity contribution in [1.29, 1.82) is 0 Å². The summed E-state index contributed by atoms with van der Waals surface area (Å²) in [6, 6.07) is -1.86. The molecule has 0 aliphatic rings. The Kier molecular flexibility index (Phi) is 6.60. The van der Waals surface area contributed by atoms with Crippen molar-refractivity contribution in [2.45, 2.75) is 32.2 Å². The summed E-state index contributed by atoms with van der Waals surface area (Å²) in [5, 5.41) is 25.0. The van der Waals surface area contributed by atoms with Crippen LogP contribution in [0.4, 0.5) is 4.79 Å². The van der Waals surface area contributed by atoms with Gasteiger partial charge in [-0.15, -0.1) is 11.3 Å². The zero-order valence-electron chi connectivity index (χ0n) is 11.5. The second kappa shape index (κ2) is 8.20. The van der Waals surface area contributed by atoms with Crippen molar-refractivity contribution >= 4 is 29.3 Å². The van der Waals surface area contributed by atoms with E-state index in [0.717, 1.165) is 10.7 Å². The molecule has 0 bridgehead atoms. The van der Waals surface area contributed by atoms with Crippen molar-refractivity contribution in [3.8, 4) is 0 Å². The molecule has 0 radical (unpaired) electrons. The van der Waals surface area contributed by atoms with Crippen LogP contribution in [0.25, 0.3) is 0 Å². The number of thiazole rings is 1. The van der Waals surface area contributed by atoms with Crippen LogP contribution in [0.3, 0.4) is 0 Å². The van der Waals surface area contributed by atoms with E-state index in [4.69, 9.17) is 10.2 Å². The molecule has 0 saturated heterocycles. The number of urea groups is 1. The summed E-state index contributed by atoms with van der Waals surface area (Å²) in [4.78, 5) is 37.1. The highest BCUT2D eigenvalue weighted by Crippen LogP contribution is 2.07. The molecule has 116 valence electrons. The molecule has 0 fully saturated rings. The fourth-order valence-electron chi connectivity index (χ4n) is 1.56. The number of carboxylic acid groups (broad SMARTS) is 2. The number of carbonyl (C=O) groups is 3. The molecule has 0 spiro atoms. The molecule has 1 aromatic heterocycles. The predicted octanol–water partition coefficient (Wildman–Crippen LogP) is 0.611. The van der Waals surface area contributed by atoms with Gasteiger partial charge in [-0.2, -0.15) is 0 Å². The molecule has 0 aliphatic heterocycles. The number of carbonyl (C=O) groups excluding carboxylic acids is 1. The van der Waals surface area contributed by atoms with Crippen LogP contribution in [-0.2, 0) is 16.0 Å². The lowest BCUT2D eigenvalue weighted by Gasteiger charge is -2.14. The fraction of sp³-hybridized carbons (Fsp3) is 0.500. The van der Waals surface area contributed by atoms with Crippen LogP contribution < -0.4 is 10.6 Å². The van der Waals surface area contributed by atoms with Crippen LogP contribution in [0, 0.1) is 6.92 Å². The number of aryl methyl sites for hydroxylation is 1. The van der Waals surface area contributed by atoms with E-state index >= 15 is 0 Å². The maximum Gasteiger partial charge on any atom is 0.326 e. The number of aliphatic carboxylic acids is 2. The summed E-state index contributed by atoms with van der Waals surface area (Å²) in [7, 11) is 0. The first-order valence-corrected chi connectivity index (χ1v) is 7.16. The predicted molar refractivity (Wildman–Crippen MR) is 75.4 cm³/mol. The van der Waals surface area contributed by atoms with Gasteiger partial charge in [0.05, 0.1) is 10.7 Å². The molecule has 4 N–H and O–H groups in total. The third-order valence-electron chi connectivity index (χ3n) is 2.58. The number of carboxylic acids is 2. The van der Waals surface area contributed by atoms with Crippen molar-refractivity contribution in [1.82, 2.24) is 15.6 Å². The van der Waals surface area contributed by atoms with Gasteiger partial charge >= 0.3 is 18.0 Å². The second-order valence-corrected chi connectivity index (χ2v) is 5.39. The largest absolute Gasteiger partial charge is 0.481 e. The van der Waals surface area contributed by atoms with E-state index in [0.29, 0.717) is 13.0 Å². The maximum absolute atomic E-state index is 11.5. The average Bonchev–Trinajstić information content (AvgIpc) is 2.79. The summed E-state index contributed by atoms with van der Waals surface area (Å²) < 4.78 is 0. The van der Waals surface area contributed by atoms with Crippen molar-refractivity contribution in [3.05, 3.63) is 16.1 Å². The van der Waals surface area contributed by atoms with E-state index in [1.807, 2.05) is 12.3 Å². The molecule has 9 heteroatoms. The van der Waals surface area contributed by atoms with Gasteiger partial charge in [0, 0.05) is 24.8 Å². The smallest absolute Gasteiger partial charge is 0.326 e. The third kappa shape index (κ3) is 6.70. The Morgan fingerprint density at radius 1 is 1.38 bits per heavy atom. The van der Waals surface area contributed by atoms with Crippen molar-refractivity contribution in [2.24, 2.45) is 0 Å². The minimum Gasteiger partial charge on any atom is -0.481 e. The van der Waals surface area contributed by atoms with Crippen LogP contribution >= 0.6 is 11.3 Å². The number of hydrogen-bond donors (Lipinski definition) is 4. The maximum atomic E-state index is 11.5. The molecule has 1 unspecified atom stereocenters. The Labute approximate surface area is 125 Å². The Balaban J connectivity index is 2.32. The molecular formula is C12H17N3O5S. The van der Waals surface area contributed by atoms with E-state index in [1.54, 1.807) is 0 Å². The van der Waals surface area contributed by atoms with Crippen molar-refractivity contribution < 1.29 is 24.6 Å². The molecule has 1 aromatic rings. The SMILES string of the molecule is Cc1nc(CCNC(=O)NC(CCC(=O)O)C(=O)O)cs1. The molecule has 2 amide bonds. The van der Waals surface area contributed by atoms with Crippen LogP contribution in [0.1, 0.15) is 23.5 Å². The molecular weight excluding hydrogens is 298 g/mol. The molecule has 1 heterocycles. The van der Waals surface area contributed by atoms with Gasteiger partial charge < -0.3 is 20.8 Å². The van der Waals surface area contributed by atoms with Gasteiger partial charge in [0.15, 0.2) is 0 Å².